The lowest BCUT2D eigenvalue weighted by atomic mass is 10.1. The van der Waals surface area contributed by atoms with Gasteiger partial charge in [-0.2, -0.15) is 0 Å². The van der Waals surface area contributed by atoms with Crippen molar-refractivity contribution in [2.24, 2.45) is 5.73 Å². The second kappa shape index (κ2) is 4.79. The minimum atomic E-state index is -0.345. The van der Waals surface area contributed by atoms with E-state index in [9.17, 15) is 4.79 Å². The molecule has 2 N–H and O–H groups in total. The molecule has 1 aromatic carbocycles. The van der Waals surface area contributed by atoms with Crippen LogP contribution >= 0.6 is 11.6 Å². The molecule has 5 heteroatoms. The first-order valence-electron chi connectivity index (χ1n) is 6.23. The molecule has 0 spiro atoms. The van der Waals surface area contributed by atoms with E-state index in [2.05, 4.69) is 4.98 Å². The van der Waals surface area contributed by atoms with E-state index in [4.69, 9.17) is 17.3 Å². The standard InChI is InChI=1S/C14H14ClN3O/c15-13-5-4-10-9(2-1-3-12(10)17-13)8-18-7-6-11(16)14(18)19/h1-5,11H,6-8,16H2/t11-/m0/s1. The van der Waals surface area contributed by atoms with E-state index in [0.717, 1.165) is 29.4 Å². The first-order valence-corrected chi connectivity index (χ1v) is 6.61. The minimum Gasteiger partial charge on any atom is -0.337 e. The van der Waals surface area contributed by atoms with Gasteiger partial charge in [0.25, 0.3) is 0 Å². The smallest absolute Gasteiger partial charge is 0.239 e. The summed E-state index contributed by atoms with van der Waals surface area (Å²) < 4.78 is 0. The number of carbonyl (C=O) groups is 1. The zero-order valence-electron chi connectivity index (χ0n) is 10.3. The van der Waals surface area contributed by atoms with Gasteiger partial charge in [0.1, 0.15) is 5.15 Å². The van der Waals surface area contributed by atoms with Gasteiger partial charge in [-0.3, -0.25) is 4.79 Å². The van der Waals surface area contributed by atoms with Crippen LogP contribution in [0.25, 0.3) is 10.9 Å². The maximum absolute atomic E-state index is 11.9. The normalized spacial score (nSPS) is 19.4. The second-order valence-corrected chi connectivity index (χ2v) is 5.16. The van der Waals surface area contributed by atoms with Crippen molar-refractivity contribution in [1.29, 1.82) is 0 Å². The summed E-state index contributed by atoms with van der Waals surface area (Å²) in [5, 5.41) is 1.50. The molecule has 19 heavy (non-hydrogen) atoms. The summed E-state index contributed by atoms with van der Waals surface area (Å²) in [4.78, 5) is 17.9. The van der Waals surface area contributed by atoms with Gasteiger partial charge in [-0.15, -0.1) is 0 Å². The summed E-state index contributed by atoms with van der Waals surface area (Å²) >= 11 is 5.89. The van der Waals surface area contributed by atoms with Gasteiger partial charge in [0, 0.05) is 18.5 Å². The first kappa shape index (κ1) is 12.4. The van der Waals surface area contributed by atoms with Crippen LogP contribution in [0.2, 0.25) is 5.15 Å². The van der Waals surface area contributed by atoms with Gasteiger partial charge >= 0.3 is 0 Å². The predicted octanol–water partition coefficient (Wildman–Crippen LogP) is 1.95. The molecule has 1 aliphatic heterocycles. The van der Waals surface area contributed by atoms with Crippen LogP contribution in [0.15, 0.2) is 30.3 Å². The van der Waals surface area contributed by atoms with E-state index < -0.39 is 0 Å². The Bertz CT molecular complexity index is 644. The zero-order chi connectivity index (χ0) is 13.4. The van der Waals surface area contributed by atoms with Crippen molar-refractivity contribution in [1.82, 2.24) is 9.88 Å². The predicted molar refractivity (Wildman–Crippen MR) is 74.8 cm³/mol. The largest absolute Gasteiger partial charge is 0.337 e. The minimum absolute atomic E-state index is 0.0268. The molecule has 0 bridgehead atoms. The number of fused-ring (bicyclic) bond motifs is 1. The lowest BCUT2D eigenvalue weighted by molar-refractivity contribution is -0.129. The lowest BCUT2D eigenvalue weighted by Crippen LogP contribution is -2.33. The number of rotatable bonds is 2. The van der Waals surface area contributed by atoms with E-state index >= 15 is 0 Å². The third-order valence-corrected chi connectivity index (χ3v) is 3.70. The molecule has 1 aromatic heterocycles. The van der Waals surface area contributed by atoms with Gasteiger partial charge in [-0.25, -0.2) is 4.98 Å². The van der Waals surface area contributed by atoms with Gasteiger partial charge in [0.2, 0.25) is 5.91 Å². The maximum Gasteiger partial charge on any atom is 0.239 e. The summed E-state index contributed by atoms with van der Waals surface area (Å²) in [6.45, 7) is 1.30. The Hall–Kier alpha value is -1.65. The number of pyridine rings is 1. The molecule has 0 radical (unpaired) electrons. The Balaban J connectivity index is 1.95. The average Bonchev–Trinajstić information content (AvgIpc) is 2.71. The quantitative estimate of drug-likeness (QED) is 0.852. The molecule has 1 fully saturated rings. The molecule has 4 nitrogen and oxygen atoms in total. The van der Waals surface area contributed by atoms with Crippen LogP contribution in [0.4, 0.5) is 0 Å². The highest BCUT2D eigenvalue weighted by Crippen LogP contribution is 2.22. The van der Waals surface area contributed by atoms with Crippen LogP contribution in [-0.2, 0) is 11.3 Å². The monoisotopic (exact) mass is 275 g/mol. The number of likely N-dealkylation sites (tertiary alicyclic amines) is 1. The zero-order valence-corrected chi connectivity index (χ0v) is 11.1. The Morgan fingerprint density at radius 1 is 1.37 bits per heavy atom. The van der Waals surface area contributed by atoms with E-state index in [-0.39, 0.29) is 11.9 Å². The molecule has 98 valence electrons. The third kappa shape index (κ3) is 2.29. The van der Waals surface area contributed by atoms with Crippen molar-refractivity contribution in [3.05, 3.63) is 41.0 Å². The van der Waals surface area contributed by atoms with E-state index in [0.29, 0.717) is 11.7 Å². The highest BCUT2D eigenvalue weighted by atomic mass is 35.5. The highest BCUT2D eigenvalue weighted by Gasteiger charge is 2.28. The lowest BCUT2D eigenvalue weighted by Gasteiger charge is -2.17. The Labute approximate surface area is 116 Å². The molecular weight excluding hydrogens is 262 g/mol. The maximum atomic E-state index is 11.9. The summed E-state index contributed by atoms with van der Waals surface area (Å²) in [6, 6.07) is 9.23. The van der Waals surface area contributed by atoms with Crippen molar-refractivity contribution >= 4 is 28.4 Å². The van der Waals surface area contributed by atoms with Gasteiger partial charge in [-0.05, 0) is 30.2 Å². The number of halogens is 1. The van der Waals surface area contributed by atoms with Crippen LogP contribution in [0.1, 0.15) is 12.0 Å². The number of nitrogens with two attached hydrogens (primary N) is 1. The molecule has 1 aliphatic rings. The van der Waals surface area contributed by atoms with E-state index in [1.165, 1.54) is 0 Å². The topological polar surface area (TPSA) is 59.2 Å². The van der Waals surface area contributed by atoms with Gasteiger partial charge in [-0.1, -0.05) is 23.7 Å². The Kier molecular flexibility index (Phi) is 3.12. The Morgan fingerprint density at radius 2 is 2.21 bits per heavy atom. The molecule has 3 rings (SSSR count). The average molecular weight is 276 g/mol. The van der Waals surface area contributed by atoms with Crippen LogP contribution in [0.5, 0.6) is 0 Å². The van der Waals surface area contributed by atoms with Crippen molar-refractivity contribution < 1.29 is 4.79 Å². The third-order valence-electron chi connectivity index (χ3n) is 3.49. The molecule has 2 heterocycles. The van der Waals surface area contributed by atoms with Crippen LogP contribution in [-0.4, -0.2) is 28.4 Å². The molecule has 1 atom stereocenters. The SMILES string of the molecule is N[C@H]1CCN(Cc2cccc3nc(Cl)ccc23)C1=O. The molecule has 1 saturated heterocycles. The number of nitrogens with zero attached hydrogens (tertiary/aromatic N) is 2. The summed E-state index contributed by atoms with van der Waals surface area (Å²) in [6.07, 6.45) is 0.730. The summed E-state index contributed by atoms with van der Waals surface area (Å²) in [7, 11) is 0. The molecule has 2 aromatic rings. The Morgan fingerprint density at radius 3 is 2.95 bits per heavy atom. The second-order valence-electron chi connectivity index (χ2n) is 4.77. The summed E-state index contributed by atoms with van der Waals surface area (Å²) in [5.41, 5.74) is 7.66. The number of hydrogen-bond acceptors (Lipinski definition) is 3. The highest BCUT2D eigenvalue weighted by molar-refractivity contribution is 6.29. The van der Waals surface area contributed by atoms with Crippen molar-refractivity contribution in [3.63, 3.8) is 0 Å². The fraction of sp³-hybridized carbons (Fsp3) is 0.286. The molecule has 1 amide bonds. The number of amides is 1. The molecular formula is C14H14ClN3O. The number of benzene rings is 1. The van der Waals surface area contributed by atoms with Crippen molar-refractivity contribution in [3.8, 4) is 0 Å². The van der Waals surface area contributed by atoms with Crippen LogP contribution in [0, 0.1) is 0 Å². The number of aromatic nitrogens is 1. The van der Waals surface area contributed by atoms with Gasteiger partial charge in [0.15, 0.2) is 0 Å². The van der Waals surface area contributed by atoms with E-state index in [1.807, 2.05) is 24.3 Å². The van der Waals surface area contributed by atoms with E-state index in [1.54, 1.807) is 11.0 Å². The van der Waals surface area contributed by atoms with Gasteiger partial charge < -0.3 is 10.6 Å². The van der Waals surface area contributed by atoms with Crippen molar-refractivity contribution in [2.75, 3.05) is 6.54 Å². The van der Waals surface area contributed by atoms with Crippen molar-refractivity contribution in [2.45, 2.75) is 19.0 Å². The molecule has 0 unspecified atom stereocenters. The summed E-state index contributed by atoms with van der Waals surface area (Å²) in [5.74, 6) is 0.0268. The fourth-order valence-electron chi connectivity index (χ4n) is 2.46. The van der Waals surface area contributed by atoms with Gasteiger partial charge in [0.05, 0.1) is 11.6 Å². The molecule has 0 saturated carbocycles. The number of carbonyl (C=O) groups excluding carboxylic acids is 1. The first-order chi connectivity index (χ1) is 9.15. The fourth-order valence-corrected chi connectivity index (χ4v) is 2.61. The van der Waals surface area contributed by atoms with Crippen LogP contribution in [0.3, 0.4) is 0 Å². The number of hydrogen-bond donors (Lipinski definition) is 1. The molecule has 0 aliphatic carbocycles. The van der Waals surface area contributed by atoms with Crippen LogP contribution < -0.4 is 5.73 Å².